The SMILES string of the molecule is O=C1CCCN1Cc1cccc(C(=O)N(Cc2ccccc2)Cc2ccccc2)c1. The first-order valence-corrected chi connectivity index (χ1v) is 10.4. The van der Waals surface area contributed by atoms with Crippen LogP contribution in [0.5, 0.6) is 0 Å². The van der Waals surface area contributed by atoms with E-state index < -0.39 is 0 Å². The summed E-state index contributed by atoms with van der Waals surface area (Å²) >= 11 is 0. The van der Waals surface area contributed by atoms with E-state index in [1.54, 1.807) is 0 Å². The molecule has 0 spiro atoms. The molecule has 0 unspecified atom stereocenters. The van der Waals surface area contributed by atoms with Gasteiger partial charge in [0.25, 0.3) is 5.91 Å². The predicted molar refractivity (Wildman–Crippen MR) is 118 cm³/mol. The largest absolute Gasteiger partial charge is 0.338 e. The molecule has 4 rings (SSSR count). The van der Waals surface area contributed by atoms with Gasteiger partial charge in [0, 0.05) is 38.2 Å². The van der Waals surface area contributed by atoms with Crippen LogP contribution in [0.25, 0.3) is 0 Å². The van der Waals surface area contributed by atoms with Gasteiger partial charge < -0.3 is 9.80 Å². The van der Waals surface area contributed by atoms with Gasteiger partial charge in [0.05, 0.1) is 0 Å². The highest BCUT2D eigenvalue weighted by Crippen LogP contribution is 2.18. The molecule has 0 aliphatic carbocycles. The van der Waals surface area contributed by atoms with Crippen LogP contribution in [0.3, 0.4) is 0 Å². The fourth-order valence-corrected chi connectivity index (χ4v) is 3.88. The van der Waals surface area contributed by atoms with Crippen molar-refractivity contribution in [2.75, 3.05) is 6.54 Å². The molecule has 4 nitrogen and oxygen atoms in total. The first-order chi connectivity index (χ1) is 14.7. The number of nitrogens with zero attached hydrogens (tertiary/aromatic N) is 2. The molecule has 1 fully saturated rings. The Morgan fingerprint density at radius 2 is 1.40 bits per heavy atom. The smallest absolute Gasteiger partial charge is 0.254 e. The first-order valence-electron chi connectivity index (χ1n) is 10.4. The summed E-state index contributed by atoms with van der Waals surface area (Å²) in [5, 5.41) is 0. The van der Waals surface area contributed by atoms with Gasteiger partial charge in [-0.05, 0) is 35.2 Å². The Balaban J connectivity index is 1.55. The van der Waals surface area contributed by atoms with E-state index in [1.165, 1.54) is 0 Å². The number of benzene rings is 3. The third-order valence-corrected chi connectivity index (χ3v) is 5.44. The monoisotopic (exact) mass is 398 g/mol. The van der Waals surface area contributed by atoms with Crippen LogP contribution >= 0.6 is 0 Å². The molecule has 2 amide bonds. The van der Waals surface area contributed by atoms with E-state index in [4.69, 9.17) is 0 Å². The Bertz CT molecular complexity index is 960. The predicted octanol–water partition coefficient (Wildman–Crippen LogP) is 4.65. The third kappa shape index (κ3) is 4.95. The third-order valence-electron chi connectivity index (χ3n) is 5.44. The van der Waals surface area contributed by atoms with Gasteiger partial charge >= 0.3 is 0 Å². The van der Waals surface area contributed by atoms with Gasteiger partial charge in [0.2, 0.25) is 5.91 Å². The molecule has 1 aliphatic rings. The zero-order chi connectivity index (χ0) is 20.8. The van der Waals surface area contributed by atoms with E-state index in [1.807, 2.05) is 94.7 Å². The molecule has 0 atom stereocenters. The van der Waals surface area contributed by atoms with Gasteiger partial charge in [-0.2, -0.15) is 0 Å². The fourth-order valence-electron chi connectivity index (χ4n) is 3.88. The molecular formula is C26H26N2O2. The van der Waals surface area contributed by atoms with Crippen LogP contribution in [0.2, 0.25) is 0 Å². The molecule has 0 bridgehead atoms. The summed E-state index contributed by atoms with van der Waals surface area (Å²) in [7, 11) is 0. The molecule has 4 heteroatoms. The maximum atomic E-state index is 13.5. The minimum absolute atomic E-state index is 0.00250. The maximum Gasteiger partial charge on any atom is 0.254 e. The van der Waals surface area contributed by atoms with Gasteiger partial charge in [-0.25, -0.2) is 0 Å². The standard InChI is InChI=1S/C26H26N2O2/c29-25-15-8-16-27(25)20-23-13-7-14-24(17-23)26(30)28(18-21-9-3-1-4-10-21)19-22-11-5-2-6-12-22/h1-7,9-14,17H,8,15-16,18-20H2. The van der Waals surface area contributed by atoms with Gasteiger partial charge in [0.15, 0.2) is 0 Å². The normalized spacial score (nSPS) is 13.5. The summed E-state index contributed by atoms with van der Waals surface area (Å²) in [6.07, 6.45) is 1.54. The Morgan fingerprint density at radius 1 is 0.800 bits per heavy atom. The topological polar surface area (TPSA) is 40.6 Å². The Kier molecular flexibility index (Phi) is 6.23. The number of rotatable bonds is 7. The molecule has 152 valence electrons. The van der Waals surface area contributed by atoms with Crippen LogP contribution in [0.15, 0.2) is 84.9 Å². The number of hydrogen-bond acceptors (Lipinski definition) is 2. The van der Waals surface area contributed by atoms with E-state index in [0.29, 0.717) is 31.6 Å². The number of carbonyl (C=O) groups excluding carboxylic acids is 2. The second kappa shape index (κ2) is 9.40. The Labute approximate surface area is 177 Å². The van der Waals surface area contributed by atoms with Crippen molar-refractivity contribution in [3.8, 4) is 0 Å². The number of likely N-dealkylation sites (tertiary alicyclic amines) is 1. The highest BCUT2D eigenvalue weighted by molar-refractivity contribution is 5.94. The highest BCUT2D eigenvalue weighted by Gasteiger charge is 2.21. The lowest BCUT2D eigenvalue weighted by Crippen LogP contribution is -2.30. The van der Waals surface area contributed by atoms with Crippen LogP contribution in [0, 0.1) is 0 Å². The molecule has 0 radical (unpaired) electrons. The fraction of sp³-hybridized carbons (Fsp3) is 0.231. The zero-order valence-corrected chi connectivity index (χ0v) is 17.0. The van der Waals surface area contributed by atoms with Crippen molar-refractivity contribution in [2.24, 2.45) is 0 Å². The zero-order valence-electron chi connectivity index (χ0n) is 17.0. The van der Waals surface area contributed by atoms with Crippen LogP contribution in [-0.2, 0) is 24.4 Å². The second-order valence-corrected chi connectivity index (χ2v) is 7.75. The first kappa shape index (κ1) is 19.9. The van der Waals surface area contributed by atoms with Crippen LogP contribution in [0.4, 0.5) is 0 Å². The van der Waals surface area contributed by atoms with Crippen LogP contribution in [0.1, 0.15) is 39.9 Å². The van der Waals surface area contributed by atoms with E-state index in [-0.39, 0.29) is 11.8 Å². The molecule has 0 aromatic heterocycles. The second-order valence-electron chi connectivity index (χ2n) is 7.75. The van der Waals surface area contributed by atoms with E-state index in [2.05, 4.69) is 0 Å². The molecule has 0 N–H and O–H groups in total. The van der Waals surface area contributed by atoms with Crippen molar-refractivity contribution in [3.05, 3.63) is 107 Å². The van der Waals surface area contributed by atoms with Crippen molar-refractivity contribution in [1.82, 2.24) is 9.80 Å². The van der Waals surface area contributed by atoms with E-state index in [0.717, 1.165) is 29.7 Å². The lowest BCUT2D eigenvalue weighted by molar-refractivity contribution is -0.128. The summed E-state index contributed by atoms with van der Waals surface area (Å²) in [5.74, 6) is 0.193. The lowest BCUT2D eigenvalue weighted by atomic mass is 10.1. The van der Waals surface area contributed by atoms with Gasteiger partial charge in [-0.3, -0.25) is 9.59 Å². The van der Waals surface area contributed by atoms with E-state index in [9.17, 15) is 9.59 Å². The maximum absolute atomic E-state index is 13.5. The molecule has 1 aliphatic heterocycles. The van der Waals surface area contributed by atoms with Crippen molar-refractivity contribution < 1.29 is 9.59 Å². The number of carbonyl (C=O) groups is 2. The van der Waals surface area contributed by atoms with Crippen molar-refractivity contribution in [1.29, 1.82) is 0 Å². The molecule has 3 aromatic carbocycles. The summed E-state index contributed by atoms with van der Waals surface area (Å²) in [5.41, 5.74) is 3.85. The molecule has 3 aromatic rings. The minimum Gasteiger partial charge on any atom is -0.338 e. The lowest BCUT2D eigenvalue weighted by Gasteiger charge is -2.24. The average molecular weight is 399 g/mol. The quantitative estimate of drug-likeness (QED) is 0.581. The Morgan fingerprint density at radius 3 is 1.97 bits per heavy atom. The molecule has 1 heterocycles. The summed E-state index contributed by atoms with van der Waals surface area (Å²) in [4.78, 5) is 29.2. The van der Waals surface area contributed by atoms with Crippen molar-refractivity contribution in [3.63, 3.8) is 0 Å². The van der Waals surface area contributed by atoms with Gasteiger partial charge in [-0.1, -0.05) is 72.8 Å². The summed E-state index contributed by atoms with van der Waals surface area (Å²) in [6, 6.07) is 27.8. The molecule has 0 saturated carbocycles. The van der Waals surface area contributed by atoms with Crippen LogP contribution in [-0.4, -0.2) is 28.2 Å². The molecular weight excluding hydrogens is 372 g/mol. The van der Waals surface area contributed by atoms with Gasteiger partial charge in [-0.15, -0.1) is 0 Å². The Hall–Kier alpha value is -3.40. The average Bonchev–Trinajstić information content (AvgIpc) is 3.19. The van der Waals surface area contributed by atoms with E-state index >= 15 is 0 Å². The van der Waals surface area contributed by atoms with Crippen molar-refractivity contribution >= 4 is 11.8 Å². The highest BCUT2D eigenvalue weighted by atomic mass is 16.2. The van der Waals surface area contributed by atoms with Gasteiger partial charge in [0.1, 0.15) is 0 Å². The molecule has 1 saturated heterocycles. The van der Waals surface area contributed by atoms with Crippen LogP contribution < -0.4 is 0 Å². The molecule has 30 heavy (non-hydrogen) atoms. The number of hydrogen-bond donors (Lipinski definition) is 0. The van der Waals surface area contributed by atoms with Crippen molar-refractivity contribution in [2.45, 2.75) is 32.5 Å². The minimum atomic E-state index is -0.00250. The summed E-state index contributed by atoms with van der Waals surface area (Å²) in [6.45, 7) is 2.45. The number of amides is 2. The summed E-state index contributed by atoms with van der Waals surface area (Å²) < 4.78 is 0.